The summed E-state index contributed by atoms with van der Waals surface area (Å²) in [6, 6.07) is 13.7. The van der Waals surface area contributed by atoms with Crippen LogP contribution in [-0.2, 0) is 27.3 Å². The summed E-state index contributed by atoms with van der Waals surface area (Å²) >= 11 is 0. The van der Waals surface area contributed by atoms with Gasteiger partial charge in [0.25, 0.3) is 0 Å². The number of hydrogen-bond acceptors (Lipinski definition) is 5. The van der Waals surface area contributed by atoms with Crippen LogP contribution in [0.5, 0.6) is 5.75 Å². The third-order valence-electron chi connectivity index (χ3n) is 6.58. The fourth-order valence-corrected chi connectivity index (χ4v) is 5.13. The second-order valence-corrected chi connectivity index (χ2v) is 8.16. The number of nitrogens with zero attached hydrogens (tertiary/aromatic N) is 1. The van der Waals surface area contributed by atoms with Crippen molar-refractivity contribution in [3.63, 3.8) is 0 Å². The number of esters is 1. The van der Waals surface area contributed by atoms with Crippen LogP contribution >= 0.6 is 0 Å². The molecule has 4 rings (SSSR count). The van der Waals surface area contributed by atoms with Crippen LogP contribution in [0.1, 0.15) is 30.4 Å². The summed E-state index contributed by atoms with van der Waals surface area (Å²) in [5, 5.41) is 0. The molecule has 0 aliphatic carbocycles. The van der Waals surface area contributed by atoms with Crippen molar-refractivity contribution in [3.8, 4) is 5.75 Å². The highest BCUT2D eigenvalue weighted by Gasteiger charge is 2.61. The average molecular weight is 411 g/mol. The fraction of sp³-hybridized carbons (Fsp3) is 0.417. The van der Waals surface area contributed by atoms with Gasteiger partial charge in [-0.2, -0.15) is 0 Å². The summed E-state index contributed by atoms with van der Waals surface area (Å²) in [4.78, 5) is 28.7. The van der Waals surface area contributed by atoms with E-state index in [1.165, 1.54) is 19.2 Å². The molecule has 2 aliphatic heterocycles. The lowest BCUT2D eigenvalue weighted by atomic mass is 9.68. The van der Waals surface area contributed by atoms with E-state index in [9.17, 15) is 14.0 Å². The van der Waals surface area contributed by atoms with Crippen LogP contribution in [0.15, 0.2) is 48.5 Å². The molecule has 2 saturated heterocycles. The lowest BCUT2D eigenvalue weighted by Crippen LogP contribution is -2.61. The van der Waals surface area contributed by atoms with E-state index in [0.29, 0.717) is 13.0 Å². The van der Waals surface area contributed by atoms with E-state index in [-0.39, 0.29) is 30.1 Å². The number of ether oxygens (including phenoxy) is 2. The number of carbonyl (C=O) groups excluding carboxylic acids is 2. The van der Waals surface area contributed by atoms with Crippen molar-refractivity contribution >= 4 is 11.8 Å². The van der Waals surface area contributed by atoms with Gasteiger partial charge < -0.3 is 9.47 Å². The molecule has 2 fully saturated rings. The van der Waals surface area contributed by atoms with E-state index < -0.39 is 11.4 Å². The van der Waals surface area contributed by atoms with Crippen LogP contribution in [0.25, 0.3) is 0 Å². The Morgan fingerprint density at radius 3 is 2.60 bits per heavy atom. The lowest BCUT2D eigenvalue weighted by molar-refractivity contribution is -0.167. The van der Waals surface area contributed by atoms with Crippen LogP contribution in [0.4, 0.5) is 4.39 Å². The summed E-state index contributed by atoms with van der Waals surface area (Å²) in [7, 11) is 2.96. The number of fused-ring (bicyclic) bond motifs is 2. The van der Waals surface area contributed by atoms with Gasteiger partial charge in [-0.15, -0.1) is 0 Å². The van der Waals surface area contributed by atoms with Gasteiger partial charge in [-0.3, -0.25) is 14.5 Å². The highest BCUT2D eigenvalue weighted by molar-refractivity contribution is 6.06. The van der Waals surface area contributed by atoms with Crippen molar-refractivity contribution < 1.29 is 23.5 Å². The Balaban J connectivity index is 1.70. The molecule has 2 bridgehead atoms. The molecule has 2 heterocycles. The molecule has 158 valence electrons. The average Bonchev–Trinajstić information content (AvgIpc) is 3.07. The molecule has 0 amide bonds. The van der Waals surface area contributed by atoms with Crippen LogP contribution in [0, 0.1) is 11.2 Å². The topological polar surface area (TPSA) is 55.8 Å². The van der Waals surface area contributed by atoms with E-state index in [4.69, 9.17) is 9.47 Å². The number of Topliss-reactive ketones (excluding diaryl/α,β-unsaturated/α-hetero) is 1. The zero-order chi connectivity index (χ0) is 21.3. The molecule has 5 nitrogen and oxygen atoms in total. The Kier molecular flexibility index (Phi) is 5.60. The van der Waals surface area contributed by atoms with Crippen LogP contribution < -0.4 is 4.74 Å². The van der Waals surface area contributed by atoms with Gasteiger partial charge >= 0.3 is 5.97 Å². The third-order valence-corrected chi connectivity index (χ3v) is 6.58. The number of hydrogen-bond donors (Lipinski definition) is 0. The van der Waals surface area contributed by atoms with E-state index in [2.05, 4.69) is 4.90 Å². The number of benzene rings is 2. The molecular weight excluding hydrogens is 385 g/mol. The van der Waals surface area contributed by atoms with Gasteiger partial charge in [0.15, 0.2) is 5.78 Å². The molecule has 2 aromatic carbocycles. The van der Waals surface area contributed by atoms with E-state index in [1.54, 1.807) is 19.2 Å². The molecule has 6 heteroatoms. The number of piperidine rings is 1. The predicted octanol–water partition coefficient (Wildman–Crippen LogP) is 3.54. The second kappa shape index (κ2) is 8.19. The highest BCUT2D eigenvalue weighted by Crippen LogP contribution is 2.48. The standard InChI is InChI=1S/C24H26FNO4/c1-29-20-5-3-4-17(12-20)15-26-19-10-11-21(26)24(22(27)13-19,23(28)30-2)14-16-6-8-18(25)9-7-16/h3-9,12,19,21H,10-11,13-15H2,1-2H3. The number of halogens is 1. The first kappa shape index (κ1) is 20.5. The van der Waals surface area contributed by atoms with Gasteiger partial charge in [0.2, 0.25) is 0 Å². The minimum atomic E-state index is -1.28. The van der Waals surface area contributed by atoms with Crippen molar-refractivity contribution in [2.24, 2.45) is 5.41 Å². The normalized spacial score (nSPS) is 25.9. The van der Waals surface area contributed by atoms with Gasteiger partial charge in [-0.25, -0.2) is 4.39 Å². The van der Waals surface area contributed by atoms with Crippen molar-refractivity contribution in [1.29, 1.82) is 0 Å². The fourth-order valence-electron chi connectivity index (χ4n) is 5.13. The third kappa shape index (κ3) is 3.49. The van der Waals surface area contributed by atoms with Crippen molar-refractivity contribution in [1.82, 2.24) is 4.90 Å². The Labute approximate surface area is 175 Å². The molecule has 0 saturated carbocycles. The molecule has 0 N–H and O–H groups in total. The molecule has 2 aromatic rings. The molecule has 2 aliphatic rings. The maximum absolute atomic E-state index is 13.4. The first-order valence-electron chi connectivity index (χ1n) is 10.2. The SMILES string of the molecule is COC(=O)C1(Cc2ccc(F)cc2)C(=O)CC2CCC1N2Cc1cccc(OC)c1. The highest BCUT2D eigenvalue weighted by atomic mass is 19.1. The number of ketones is 1. The predicted molar refractivity (Wildman–Crippen MR) is 110 cm³/mol. The second-order valence-electron chi connectivity index (χ2n) is 8.16. The van der Waals surface area contributed by atoms with E-state index in [1.807, 2.05) is 24.3 Å². The van der Waals surface area contributed by atoms with Crippen LogP contribution in [0.2, 0.25) is 0 Å². The number of rotatable bonds is 6. The van der Waals surface area contributed by atoms with Crippen LogP contribution in [0.3, 0.4) is 0 Å². The summed E-state index contributed by atoms with van der Waals surface area (Å²) < 4.78 is 23.9. The van der Waals surface area contributed by atoms with Gasteiger partial charge in [-0.05, 0) is 54.7 Å². The minimum absolute atomic E-state index is 0.0759. The Hall–Kier alpha value is -2.73. The molecule has 3 unspecified atom stereocenters. The lowest BCUT2D eigenvalue weighted by Gasteiger charge is -2.45. The Morgan fingerprint density at radius 1 is 1.13 bits per heavy atom. The smallest absolute Gasteiger partial charge is 0.321 e. The molecule has 30 heavy (non-hydrogen) atoms. The van der Waals surface area contributed by atoms with E-state index in [0.717, 1.165) is 29.7 Å². The maximum atomic E-state index is 13.4. The molecule has 0 aromatic heterocycles. The van der Waals surface area contributed by atoms with Gasteiger partial charge in [-0.1, -0.05) is 24.3 Å². The van der Waals surface area contributed by atoms with Crippen molar-refractivity contribution in [3.05, 3.63) is 65.5 Å². The van der Waals surface area contributed by atoms with E-state index >= 15 is 0 Å². The largest absolute Gasteiger partial charge is 0.497 e. The van der Waals surface area contributed by atoms with Crippen LogP contribution in [-0.4, -0.2) is 43.0 Å². The van der Waals surface area contributed by atoms with Crippen molar-refractivity contribution in [2.45, 2.75) is 44.3 Å². The number of methoxy groups -OCH3 is 2. The molecule has 3 atom stereocenters. The van der Waals surface area contributed by atoms with Gasteiger partial charge in [0.05, 0.1) is 14.2 Å². The zero-order valence-corrected chi connectivity index (χ0v) is 17.3. The molecule has 0 spiro atoms. The summed E-state index contributed by atoms with van der Waals surface area (Å²) in [5.41, 5.74) is 0.543. The first-order valence-corrected chi connectivity index (χ1v) is 10.2. The monoisotopic (exact) mass is 411 g/mol. The molecule has 0 radical (unpaired) electrons. The molecular formula is C24H26FNO4. The van der Waals surface area contributed by atoms with Crippen molar-refractivity contribution in [2.75, 3.05) is 14.2 Å². The minimum Gasteiger partial charge on any atom is -0.497 e. The Morgan fingerprint density at radius 2 is 1.90 bits per heavy atom. The van der Waals surface area contributed by atoms with Gasteiger partial charge in [0.1, 0.15) is 17.0 Å². The summed E-state index contributed by atoms with van der Waals surface area (Å²) in [6.45, 7) is 0.627. The quantitative estimate of drug-likeness (QED) is 0.538. The van der Waals surface area contributed by atoms with Gasteiger partial charge in [0, 0.05) is 25.0 Å². The zero-order valence-electron chi connectivity index (χ0n) is 17.3. The Bertz CT molecular complexity index is 944. The summed E-state index contributed by atoms with van der Waals surface area (Å²) in [6.07, 6.45) is 2.14. The first-order chi connectivity index (χ1) is 14.5. The maximum Gasteiger partial charge on any atom is 0.321 e. The summed E-state index contributed by atoms with van der Waals surface area (Å²) in [5.74, 6) is -0.147. The number of carbonyl (C=O) groups is 2.